The van der Waals surface area contributed by atoms with Gasteiger partial charge in [-0.1, -0.05) is 84.9 Å². The van der Waals surface area contributed by atoms with Gasteiger partial charge in [-0.25, -0.2) is 0 Å². The van der Waals surface area contributed by atoms with Gasteiger partial charge in [0, 0.05) is 11.1 Å². The van der Waals surface area contributed by atoms with Gasteiger partial charge in [0.05, 0.1) is 11.4 Å². The van der Waals surface area contributed by atoms with E-state index in [9.17, 15) is 0 Å². The Labute approximate surface area is 147 Å². The Morgan fingerprint density at radius 1 is 0.520 bits per heavy atom. The number of nitrogens with zero attached hydrogens (tertiary/aromatic N) is 1. The average molecular weight is 319 g/mol. The molecule has 0 atom stereocenters. The van der Waals surface area contributed by atoms with Gasteiger partial charge in [-0.3, -0.25) is 0 Å². The first kappa shape index (κ1) is 14.1. The Bertz CT molecular complexity index is 1090. The highest BCUT2D eigenvalue weighted by Gasteiger charge is 2.21. The fraction of sp³-hybridized carbons (Fsp3) is 0. The summed E-state index contributed by atoms with van der Waals surface area (Å²) in [5, 5.41) is 2.53. The van der Waals surface area contributed by atoms with Crippen molar-refractivity contribution in [3.8, 4) is 0 Å². The first-order chi connectivity index (χ1) is 12.4. The molecule has 118 valence electrons. The van der Waals surface area contributed by atoms with E-state index in [0.29, 0.717) is 0 Å². The van der Waals surface area contributed by atoms with Gasteiger partial charge < -0.3 is 4.90 Å². The van der Waals surface area contributed by atoms with Crippen LogP contribution in [-0.4, -0.2) is 0 Å². The highest BCUT2D eigenvalue weighted by molar-refractivity contribution is 6.06. The number of hydrogen-bond donors (Lipinski definition) is 0. The number of para-hydroxylation sites is 2. The zero-order valence-electron chi connectivity index (χ0n) is 13.8. The summed E-state index contributed by atoms with van der Waals surface area (Å²) in [5.74, 6) is 0. The van der Waals surface area contributed by atoms with Gasteiger partial charge in [-0.15, -0.1) is 0 Å². The summed E-state index contributed by atoms with van der Waals surface area (Å²) in [4.78, 5) is 2.38. The van der Waals surface area contributed by atoms with Crippen LogP contribution in [0.25, 0.3) is 22.9 Å². The van der Waals surface area contributed by atoms with Crippen LogP contribution in [0, 0.1) is 0 Å². The van der Waals surface area contributed by atoms with E-state index in [1.165, 1.54) is 39.0 Å². The van der Waals surface area contributed by atoms with E-state index < -0.39 is 0 Å². The fourth-order valence-corrected chi connectivity index (χ4v) is 3.63. The monoisotopic (exact) mass is 319 g/mol. The third kappa shape index (κ3) is 2.25. The van der Waals surface area contributed by atoms with E-state index in [0.717, 1.165) is 0 Å². The first-order valence-corrected chi connectivity index (χ1v) is 8.56. The predicted molar refractivity (Wildman–Crippen MR) is 108 cm³/mol. The zero-order valence-corrected chi connectivity index (χ0v) is 13.8. The smallest absolute Gasteiger partial charge is 0.0612 e. The van der Waals surface area contributed by atoms with Crippen LogP contribution >= 0.6 is 0 Å². The van der Waals surface area contributed by atoms with Gasteiger partial charge in [0.1, 0.15) is 0 Å². The summed E-state index contributed by atoms with van der Waals surface area (Å²) in [6.45, 7) is 0. The maximum atomic E-state index is 2.38. The Hall–Kier alpha value is -3.32. The van der Waals surface area contributed by atoms with Crippen LogP contribution in [0.4, 0.5) is 17.1 Å². The molecule has 0 bridgehead atoms. The van der Waals surface area contributed by atoms with Crippen molar-refractivity contribution in [2.24, 2.45) is 0 Å². The lowest BCUT2D eigenvalue weighted by atomic mass is 10.0. The van der Waals surface area contributed by atoms with Crippen LogP contribution in [0.2, 0.25) is 0 Å². The number of hydrogen-bond acceptors (Lipinski definition) is 1. The summed E-state index contributed by atoms with van der Waals surface area (Å²) < 4.78 is 0. The molecule has 0 amide bonds. The average Bonchev–Trinajstić information content (AvgIpc) is 2.86. The zero-order chi connectivity index (χ0) is 16.6. The van der Waals surface area contributed by atoms with Gasteiger partial charge in [0.2, 0.25) is 0 Å². The largest absolute Gasteiger partial charge is 0.309 e. The van der Waals surface area contributed by atoms with Gasteiger partial charge in [0.15, 0.2) is 0 Å². The maximum absolute atomic E-state index is 2.38. The van der Waals surface area contributed by atoms with Crippen LogP contribution in [0.5, 0.6) is 0 Å². The number of rotatable bonds is 1. The molecule has 1 heterocycles. The van der Waals surface area contributed by atoms with Crippen molar-refractivity contribution in [2.75, 3.05) is 4.90 Å². The topological polar surface area (TPSA) is 3.24 Å². The van der Waals surface area contributed by atoms with Crippen LogP contribution in [-0.2, 0) is 0 Å². The van der Waals surface area contributed by atoms with Gasteiger partial charge >= 0.3 is 0 Å². The second-order valence-corrected chi connectivity index (χ2v) is 6.29. The minimum Gasteiger partial charge on any atom is -0.309 e. The van der Waals surface area contributed by atoms with Crippen molar-refractivity contribution in [1.29, 1.82) is 0 Å². The second kappa shape index (κ2) is 5.64. The normalized spacial score (nSPS) is 12.6. The molecule has 0 spiro atoms. The van der Waals surface area contributed by atoms with Crippen molar-refractivity contribution in [3.63, 3.8) is 0 Å². The van der Waals surface area contributed by atoms with Crippen molar-refractivity contribution < 1.29 is 0 Å². The minimum absolute atomic E-state index is 1.18. The van der Waals surface area contributed by atoms with Gasteiger partial charge in [0.25, 0.3) is 0 Å². The van der Waals surface area contributed by atoms with E-state index in [1.807, 2.05) is 0 Å². The van der Waals surface area contributed by atoms with Crippen molar-refractivity contribution >= 4 is 40.0 Å². The van der Waals surface area contributed by atoms with Crippen molar-refractivity contribution in [2.45, 2.75) is 0 Å². The molecule has 4 aromatic rings. The molecule has 0 fully saturated rings. The molecule has 1 aliphatic heterocycles. The second-order valence-electron chi connectivity index (χ2n) is 6.29. The molecule has 5 rings (SSSR count). The Balaban J connectivity index is 1.91. The first-order valence-electron chi connectivity index (χ1n) is 8.56. The summed E-state index contributed by atoms with van der Waals surface area (Å²) in [6.07, 6.45) is 4.44. The summed E-state index contributed by atoms with van der Waals surface area (Å²) in [7, 11) is 0. The molecule has 4 aromatic carbocycles. The molecular formula is C24H17N. The number of fused-ring (bicyclic) bond motifs is 4. The van der Waals surface area contributed by atoms with Gasteiger partial charge in [-0.05, 0) is 34.7 Å². The molecule has 0 unspecified atom stereocenters. The lowest BCUT2D eigenvalue weighted by molar-refractivity contribution is 1.29. The Morgan fingerprint density at radius 3 is 2.16 bits per heavy atom. The van der Waals surface area contributed by atoms with E-state index in [4.69, 9.17) is 0 Å². The molecule has 1 heteroatoms. The minimum atomic E-state index is 1.18. The SMILES string of the molecule is C1=Cc2ccc3ccccc3c2N(c2ccccc2)c2ccccc21. The molecule has 0 N–H and O–H groups in total. The standard InChI is InChI=1S/C24H17N/c1-2-10-21(11-3-1)25-23-13-7-5-9-19(23)15-17-20-16-14-18-8-4-6-12-22(18)24(20)25/h1-17H. The third-order valence-corrected chi connectivity index (χ3v) is 4.79. The van der Waals surface area contributed by atoms with E-state index in [-0.39, 0.29) is 0 Å². The summed E-state index contributed by atoms with van der Waals surface area (Å²) in [6, 6.07) is 32.2. The van der Waals surface area contributed by atoms with Crippen LogP contribution in [0.15, 0.2) is 91.0 Å². The van der Waals surface area contributed by atoms with E-state index in [1.54, 1.807) is 0 Å². The van der Waals surface area contributed by atoms with Crippen molar-refractivity contribution in [3.05, 3.63) is 102 Å². The molecule has 0 saturated carbocycles. The number of anilines is 3. The Kier molecular flexibility index (Phi) is 3.17. The molecule has 0 saturated heterocycles. The predicted octanol–water partition coefficient (Wildman–Crippen LogP) is 6.79. The van der Waals surface area contributed by atoms with E-state index in [2.05, 4.69) is 108 Å². The fourth-order valence-electron chi connectivity index (χ4n) is 3.63. The van der Waals surface area contributed by atoms with Crippen molar-refractivity contribution in [1.82, 2.24) is 0 Å². The van der Waals surface area contributed by atoms with Crippen LogP contribution in [0.3, 0.4) is 0 Å². The van der Waals surface area contributed by atoms with Crippen LogP contribution < -0.4 is 4.90 Å². The lowest BCUT2D eigenvalue weighted by Crippen LogP contribution is -2.12. The quantitative estimate of drug-likeness (QED) is 0.328. The summed E-state index contributed by atoms with van der Waals surface area (Å²) >= 11 is 0. The molecule has 25 heavy (non-hydrogen) atoms. The summed E-state index contributed by atoms with van der Waals surface area (Å²) in [5.41, 5.74) is 6.09. The molecule has 1 aliphatic rings. The molecule has 0 radical (unpaired) electrons. The van der Waals surface area contributed by atoms with Crippen LogP contribution in [0.1, 0.15) is 11.1 Å². The Morgan fingerprint density at radius 2 is 1.24 bits per heavy atom. The van der Waals surface area contributed by atoms with Gasteiger partial charge in [-0.2, -0.15) is 0 Å². The molecule has 1 nitrogen and oxygen atoms in total. The highest BCUT2D eigenvalue weighted by atomic mass is 15.1. The molecule has 0 aliphatic carbocycles. The van der Waals surface area contributed by atoms with E-state index >= 15 is 0 Å². The highest BCUT2D eigenvalue weighted by Crippen LogP contribution is 2.45. The molecule has 0 aromatic heterocycles. The lowest BCUT2D eigenvalue weighted by Gasteiger charge is -2.28. The number of benzene rings is 4. The third-order valence-electron chi connectivity index (χ3n) is 4.79. The molecular weight excluding hydrogens is 302 g/mol. The maximum Gasteiger partial charge on any atom is 0.0612 e.